The summed E-state index contributed by atoms with van der Waals surface area (Å²) in [6.07, 6.45) is 0. The van der Waals surface area contributed by atoms with E-state index in [0.29, 0.717) is 5.69 Å². The predicted octanol–water partition coefficient (Wildman–Crippen LogP) is 2.60. The first kappa shape index (κ1) is 15.8. The number of nitrogens with two attached hydrogens (primary N) is 1. The maximum atomic E-state index is 13.0. The third kappa shape index (κ3) is 3.95. The SMILES string of the molecule is NC(=O)c1ccccc1NC(=O)COc1ccc(F)c(Cl)c1. The molecule has 0 unspecified atom stereocenters. The number of halogens is 2. The Balaban J connectivity index is 1.99. The molecule has 5 nitrogen and oxygen atoms in total. The Bertz CT molecular complexity index is 722. The lowest BCUT2D eigenvalue weighted by molar-refractivity contribution is -0.118. The first-order valence-corrected chi connectivity index (χ1v) is 6.61. The Labute approximate surface area is 130 Å². The monoisotopic (exact) mass is 322 g/mol. The van der Waals surface area contributed by atoms with Crippen molar-refractivity contribution in [2.75, 3.05) is 11.9 Å². The van der Waals surface area contributed by atoms with Gasteiger partial charge in [-0.25, -0.2) is 4.39 Å². The van der Waals surface area contributed by atoms with E-state index in [0.717, 1.165) is 6.07 Å². The number of ether oxygens (including phenoxy) is 1. The van der Waals surface area contributed by atoms with Gasteiger partial charge in [-0.2, -0.15) is 0 Å². The molecule has 0 aromatic heterocycles. The minimum atomic E-state index is -0.651. The zero-order valence-corrected chi connectivity index (χ0v) is 12.1. The van der Waals surface area contributed by atoms with Crippen LogP contribution in [0.25, 0.3) is 0 Å². The van der Waals surface area contributed by atoms with E-state index >= 15 is 0 Å². The number of rotatable bonds is 5. The van der Waals surface area contributed by atoms with Crippen molar-refractivity contribution in [1.29, 1.82) is 0 Å². The number of carbonyl (C=O) groups is 2. The molecule has 0 atom stereocenters. The molecule has 0 spiro atoms. The van der Waals surface area contributed by atoms with Crippen molar-refractivity contribution < 1.29 is 18.7 Å². The molecule has 0 aliphatic rings. The molecule has 2 aromatic rings. The van der Waals surface area contributed by atoms with Gasteiger partial charge >= 0.3 is 0 Å². The van der Waals surface area contributed by atoms with Crippen LogP contribution < -0.4 is 15.8 Å². The van der Waals surface area contributed by atoms with Gasteiger partial charge in [0, 0.05) is 6.07 Å². The van der Waals surface area contributed by atoms with Crippen LogP contribution in [0.5, 0.6) is 5.75 Å². The molecule has 0 fully saturated rings. The van der Waals surface area contributed by atoms with Gasteiger partial charge < -0.3 is 15.8 Å². The first-order valence-electron chi connectivity index (χ1n) is 6.24. The molecule has 3 N–H and O–H groups in total. The molecule has 0 saturated heterocycles. The van der Waals surface area contributed by atoms with Crippen LogP contribution in [0.2, 0.25) is 5.02 Å². The summed E-state index contributed by atoms with van der Waals surface area (Å²) in [5.74, 6) is -1.46. The highest BCUT2D eigenvalue weighted by Gasteiger charge is 2.11. The highest BCUT2D eigenvalue weighted by molar-refractivity contribution is 6.30. The number of primary amides is 1. The zero-order valence-electron chi connectivity index (χ0n) is 11.3. The van der Waals surface area contributed by atoms with Gasteiger partial charge in [-0.15, -0.1) is 0 Å². The summed E-state index contributed by atoms with van der Waals surface area (Å²) in [4.78, 5) is 23.1. The molecule has 0 aliphatic carbocycles. The van der Waals surface area contributed by atoms with Crippen LogP contribution in [0.4, 0.5) is 10.1 Å². The summed E-state index contributed by atoms with van der Waals surface area (Å²) < 4.78 is 18.2. The molecule has 0 bridgehead atoms. The Kier molecular flexibility index (Phi) is 4.95. The number of hydrogen-bond acceptors (Lipinski definition) is 3. The largest absolute Gasteiger partial charge is 0.484 e. The van der Waals surface area contributed by atoms with Crippen molar-refractivity contribution in [3.8, 4) is 5.75 Å². The summed E-state index contributed by atoms with van der Waals surface area (Å²) >= 11 is 5.61. The summed E-state index contributed by atoms with van der Waals surface area (Å²) in [5.41, 5.74) is 5.70. The van der Waals surface area contributed by atoms with Gasteiger partial charge in [0.25, 0.3) is 11.8 Å². The molecule has 22 heavy (non-hydrogen) atoms. The van der Waals surface area contributed by atoms with Gasteiger partial charge in [-0.05, 0) is 24.3 Å². The Morgan fingerprint density at radius 3 is 2.64 bits per heavy atom. The summed E-state index contributed by atoms with van der Waals surface area (Å²) in [6.45, 7) is -0.324. The molecule has 0 saturated carbocycles. The average molecular weight is 323 g/mol. The molecule has 7 heteroatoms. The number of nitrogens with one attached hydrogen (secondary N) is 1. The molecular formula is C15H12ClFN2O3. The van der Waals surface area contributed by atoms with Gasteiger partial charge in [0.05, 0.1) is 16.3 Å². The second-order valence-corrected chi connectivity index (χ2v) is 4.73. The average Bonchev–Trinajstić information content (AvgIpc) is 2.49. The molecule has 2 aromatic carbocycles. The molecule has 0 radical (unpaired) electrons. The lowest BCUT2D eigenvalue weighted by Crippen LogP contribution is -2.22. The predicted molar refractivity (Wildman–Crippen MR) is 80.5 cm³/mol. The van der Waals surface area contributed by atoms with E-state index in [2.05, 4.69) is 5.32 Å². The van der Waals surface area contributed by atoms with Crippen LogP contribution in [0.3, 0.4) is 0 Å². The minimum absolute atomic E-state index is 0.100. The van der Waals surface area contributed by atoms with E-state index in [4.69, 9.17) is 22.1 Å². The Morgan fingerprint density at radius 2 is 1.95 bits per heavy atom. The molecule has 2 amide bonds. The number of amides is 2. The molecule has 2 rings (SSSR count). The second-order valence-electron chi connectivity index (χ2n) is 4.32. The lowest BCUT2D eigenvalue weighted by Gasteiger charge is -2.10. The van der Waals surface area contributed by atoms with Crippen LogP contribution in [0.15, 0.2) is 42.5 Å². The van der Waals surface area contributed by atoms with Gasteiger partial charge in [0.1, 0.15) is 11.6 Å². The van der Waals surface area contributed by atoms with Crippen molar-refractivity contribution >= 4 is 29.1 Å². The van der Waals surface area contributed by atoms with E-state index in [1.807, 2.05) is 0 Å². The third-order valence-electron chi connectivity index (χ3n) is 2.73. The number of hydrogen-bond donors (Lipinski definition) is 2. The third-order valence-corrected chi connectivity index (χ3v) is 3.02. The van der Waals surface area contributed by atoms with Gasteiger partial charge in [0.2, 0.25) is 0 Å². The maximum Gasteiger partial charge on any atom is 0.262 e. The van der Waals surface area contributed by atoms with Gasteiger partial charge in [-0.3, -0.25) is 9.59 Å². The van der Waals surface area contributed by atoms with E-state index in [1.54, 1.807) is 18.2 Å². The van der Waals surface area contributed by atoms with E-state index < -0.39 is 17.6 Å². The lowest BCUT2D eigenvalue weighted by atomic mass is 10.1. The zero-order chi connectivity index (χ0) is 16.1. The summed E-state index contributed by atoms with van der Waals surface area (Å²) in [5, 5.41) is 2.42. The maximum absolute atomic E-state index is 13.0. The van der Waals surface area contributed by atoms with Crippen molar-refractivity contribution in [3.05, 3.63) is 58.9 Å². The summed E-state index contributed by atoms with van der Waals surface area (Å²) in [7, 11) is 0. The second kappa shape index (κ2) is 6.91. The van der Waals surface area contributed by atoms with Crippen molar-refractivity contribution in [1.82, 2.24) is 0 Å². The van der Waals surface area contributed by atoms with E-state index in [1.165, 1.54) is 18.2 Å². The van der Waals surface area contributed by atoms with Gasteiger partial charge in [0.15, 0.2) is 6.61 Å². The Morgan fingerprint density at radius 1 is 1.23 bits per heavy atom. The first-order chi connectivity index (χ1) is 10.5. The fourth-order valence-corrected chi connectivity index (χ4v) is 1.88. The molecule has 0 aliphatic heterocycles. The van der Waals surface area contributed by atoms with Crippen LogP contribution in [0.1, 0.15) is 10.4 Å². The van der Waals surface area contributed by atoms with Crippen LogP contribution in [-0.4, -0.2) is 18.4 Å². The molecule has 114 valence electrons. The van der Waals surface area contributed by atoms with Crippen LogP contribution in [0, 0.1) is 5.82 Å². The summed E-state index contributed by atoms with van der Waals surface area (Å²) in [6, 6.07) is 10.1. The van der Waals surface area contributed by atoms with E-state index in [9.17, 15) is 14.0 Å². The van der Waals surface area contributed by atoms with Crippen molar-refractivity contribution in [2.45, 2.75) is 0 Å². The number of para-hydroxylation sites is 1. The standard InChI is InChI=1S/C15H12ClFN2O3/c16-11-7-9(5-6-12(11)17)22-8-14(20)19-13-4-2-1-3-10(13)15(18)21/h1-7H,8H2,(H2,18,21)(H,19,20). The van der Waals surface area contributed by atoms with Crippen molar-refractivity contribution in [2.24, 2.45) is 5.73 Å². The fourth-order valence-electron chi connectivity index (χ4n) is 1.71. The fraction of sp³-hybridized carbons (Fsp3) is 0.0667. The Hall–Kier alpha value is -2.60. The van der Waals surface area contributed by atoms with Crippen LogP contribution in [-0.2, 0) is 4.79 Å². The number of benzene rings is 2. The smallest absolute Gasteiger partial charge is 0.262 e. The number of carbonyl (C=O) groups excluding carboxylic acids is 2. The van der Waals surface area contributed by atoms with Gasteiger partial charge in [-0.1, -0.05) is 23.7 Å². The molecular weight excluding hydrogens is 311 g/mol. The minimum Gasteiger partial charge on any atom is -0.484 e. The topological polar surface area (TPSA) is 81.4 Å². The number of anilines is 1. The normalized spacial score (nSPS) is 10.1. The van der Waals surface area contributed by atoms with Crippen LogP contribution >= 0.6 is 11.6 Å². The quantitative estimate of drug-likeness (QED) is 0.887. The van der Waals surface area contributed by atoms with Crippen molar-refractivity contribution in [3.63, 3.8) is 0 Å². The molecule has 0 heterocycles. The highest BCUT2D eigenvalue weighted by Crippen LogP contribution is 2.21. The van der Waals surface area contributed by atoms with E-state index in [-0.39, 0.29) is 22.9 Å². The highest BCUT2D eigenvalue weighted by atomic mass is 35.5.